The Labute approximate surface area is 189 Å². The molecular formula is C22H21Cl2N3O2S. The second-order valence-corrected chi connectivity index (χ2v) is 9.07. The molecule has 1 amide bonds. The van der Waals surface area contributed by atoms with Gasteiger partial charge in [-0.1, -0.05) is 47.1 Å². The van der Waals surface area contributed by atoms with Gasteiger partial charge in [0.2, 0.25) is 5.91 Å². The van der Waals surface area contributed by atoms with E-state index in [1.807, 2.05) is 23.1 Å². The molecular weight excluding hydrogens is 441 g/mol. The van der Waals surface area contributed by atoms with E-state index in [2.05, 4.69) is 0 Å². The van der Waals surface area contributed by atoms with Crippen molar-refractivity contribution in [2.45, 2.75) is 30.8 Å². The van der Waals surface area contributed by atoms with E-state index in [0.29, 0.717) is 44.0 Å². The van der Waals surface area contributed by atoms with Gasteiger partial charge in [-0.15, -0.1) is 0 Å². The van der Waals surface area contributed by atoms with Crippen molar-refractivity contribution in [2.75, 3.05) is 18.8 Å². The molecule has 1 aliphatic heterocycles. The van der Waals surface area contributed by atoms with Crippen molar-refractivity contribution >= 4 is 51.8 Å². The predicted molar refractivity (Wildman–Crippen MR) is 123 cm³/mol. The van der Waals surface area contributed by atoms with Crippen LogP contribution in [0.4, 0.5) is 0 Å². The molecule has 30 heavy (non-hydrogen) atoms. The maximum atomic E-state index is 13.2. The first-order chi connectivity index (χ1) is 14.5. The van der Waals surface area contributed by atoms with Crippen LogP contribution in [0.25, 0.3) is 16.6 Å². The van der Waals surface area contributed by atoms with Gasteiger partial charge in [-0.25, -0.2) is 4.98 Å². The minimum Gasteiger partial charge on any atom is -0.343 e. The van der Waals surface area contributed by atoms with Gasteiger partial charge in [0.15, 0.2) is 5.16 Å². The topological polar surface area (TPSA) is 55.2 Å². The molecule has 0 atom stereocenters. The fourth-order valence-corrected chi connectivity index (χ4v) is 4.82. The number of carbonyl (C=O) groups is 1. The highest BCUT2D eigenvalue weighted by Gasteiger charge is 2.18. The molecule has 2 heterocycles. The Kier molecular flexibility index (Phi) is 6.66. The molecule has 1 aliphatic rings. The van der Waals surface area contributed by atoms with E-state index in [9.17, 15) is 9.59 Å². The fourth-order valence-electron chi connectivity index (χ4n) is 3.57. The molecule has 0 spiro atoms. The number of aromatic nitrogens is 2. The van der Waals surface area contributed by atoms with E-state index >= 15 is 0 Å². The Morgan fingerprint density at radius 2 is 1.83 bits per heavy atom. The van der Waals surface area contributed by atoms with Crippen LogP contribution in [-0.2, 0) is 4.79 Å². The van der Waals surface area contributed by atoms with Crippen LogP contribution in [0.1, 0.15) is 25.7 Å². The monoisotopic (exact) mass is 461 g/mol. The van der Waals surface area contributed by atoms with Crippen molar-refractivity contribution in [1.82, 2.24) is 14.5 Å². The summed E-state index contributed by atoms with van der Waals surface area (Å²) in [6.07, 6.45) is 3.43. The minimum atomic E-state index is -0.158. The van der Waals surface area contributed by atoms with Crippen molar-refractivity contribution in [1.29, 1.82) is 0 Å². The summed E-state index contributed by atoms with van der Waals surface area (Å²) in [6, 6.07) is 12.4. The maximum Gasteiger partial charge on any atom is 0.266 e. The lowest BCUT2D eigenvalue weighted by Gasteiger charge is -2.15. The molecule has 1 aromatic heterocycles. The summed E-state index contributed by atoms with van der Waals surface area (Å²) in [5, 5.41) is 1.92. The third-order valence-electron chi connectivity index (χ3n) is 5.13. The molecule has 5 nitrogen and oxygen atoms in total. The van der Waals surface area contributed by atoms with E-state index < -0.39 is 0 Å². The van der Waals surface area contributed by atoms with Gasteiger partial charge in [0.1, 0.15) is 0 Å². The van der Waals surface area contributed by atoms with E-state index in [4.69, 9.17) is 28.2 Å². The Morgan fingerprint density at radius 3 is 2.60 bits per heavy atom. The summed E-state index contributed by atoms with van der Waals surface area (Å²) < 4.78 is 1.57. The van der Waals surface area contributed by atoms with Gasteiger partial charge in [0.05, 0.1) is 26.6 Å². The average Bonchev–Trinajstić information content (AvgIpc) is 3.28. The second-order valence-electron chi connectivity index (χ2n) is 7.19. The van der Waals surface area contributed by atoms with Crippen LogP contribution in [0.5, 0.6) is 0 Å². The number of rotatable bonds is 6. The zero-order valence-corrected chi connectivity index (χ0v) is 18.6. The van der Waals surface area contributed by atoms with Crippen molar-refractivity contribution in [3.63, 3.8) is 0 Å². The largest absolute Gasteiger partial charge is 0.343 e. The lowest BCUT2D eigenvalue weighted by atomic mass is 10.2. The number of thioether (sulfide) groups is 1. The SMILES string of the molecule is O=C(CCCSc1nc2ccccc2c(=O)n1-c1ccc(Cl)c(Cl)c1)N1CCCC1. The Balaban J connectivity index is 1.60. The van der Waals surface area contributed by atoms with Gasteiger partial charge in [0, 0.05) is 25.3 Å². The number of carbonyl (C=O) groups excluding carboxylic acids is 1. The van der Waals surface area contributed by atoms with Gasteiger partial charge in [-0.3, -0.25) is 14.2 Å². The molecule has 1 saturated heterocycles. The number of hydrogen-bond acceptors (Lipinski definition) is 4. The van der Waals surface area contributed by atoms with Gasteiger partial charge in [-0.2, -0.15) is 0 Å². The number of para-hydroxylation sites is 1. The predicted octanol–water partition coefficient (Wildman–Crippen LogP) is 5.19. The zero-order valence-electron chi connectivity index (χ0n) is 16.3. The molecule has 0 aliphatic carbocycles. The molecule has 0 saturated carbocycles. The first kappa shape index (κ1) is 21.2. The quantitative estimate of drug-likeness (QED) is 0.288. The number of nitrogens with zero attached hydrogens (tertiary/aromatic N) is 3. The number of benzene rings is 2. The third kappa shape index (κ3) is 4.51. The van der Waals surface area contributed by atoms with Crippen LogP contribution in [0.15, 0.2) is 52.4 Å². The van der Waals surface area contributed by atoms with Crippen LogP contribution in [0.3, 0.4) is 0 Å². The highest BCUT2D eigenvalue weighted by Crippen LogP contribution is 2.27. The Bertz CT molecular complexity index is 1140. The molecule has 2 aromatic carbocycles. The average molecular weight is 462 g/mol. The van der Waals surface area contributed by atoms with Crippen molar-refractivity contribution in [3.8, 4) is 5.69 Å². The van der Waals surface area contributed by atoms with Gasteiger partial charge in [-0.05, 0) is 49.6 Å². The molecule has 0 unspecified atom stereocenters. The summed E-state index contributed by atoms with van der Waals surface area (Å²) in [5.41, 5.74) is 1.10. The number of amides is 1. The van der Waals surface area contributed by atoms with Crippen molar-refractivity contribution < 1.29 is 4.79 Å². The number of hydrogen-bond donors (Lipinski definition) is 0. The van der Waals surface area contributed by atoms with Crippen molar-refractivity contribution in [3.05, 3.63) is 62.9 Å². The summed E-state index contributed by atoms with van der Waals surface area (Å²) in [6.45, 7) is 1.74. The fraction of sp³-hybridized carbons (Fsp3) is 0.318. The molecule has 156 valence electrons. The lowest BCUT2D eigenvalue weighted by molar-refractivity contribution is -0.130. The number of fused-ring (bicyclic) bond motifs is 1. The third-order valence-corrected chi connectivity index (χ3v) is 6.90. The Morgan fingerprint density at radius 1 is 1.07 bits per heavy atom. The lowest BCUT2D eigenvalue weighted by Crippen LogP contribution is -2.27. The number of likely N-dealkylation sites (tertiary alicyclic amines) is 1. The first-order valence-electron chi connectivity index (χ1n) is 9.92. The molecule has 8 heteroatoms. The smallest absolute Gasteiger partial charge is 0.266 e. The highest BCUT2D eigenvalue weighted by molar-refractivity contribution is 7.99. The standard InChI is InChI=1S/C22H21Cl2N3O2S/c23-17-10-9-15(14-18(17)24)27-21(29)16-6-1-2-7-19(16)25-22(27)30-13-5-8-20(28)26-11-3-4-12-26/h1-2,6-7,9-10,14H,3-5,8,11-13H2. The van der Waals surface area contributed by atoms with Crippen LogP contribution >= 0.6 is 35.0 Å². The zero-order chi connectivity index (χ0) is 21.1. The first-order valence-corrected chi connectivity index (χ1v) is 11.7. The molecule has 0 bridgehead atoms. The van der Waals surface area contributed by atoms with Crippen LogP contribution in [0, 0.1) is 0 Å². The maximum absolute atomic E-state index is 13.2. The molecule has 1 fully saturated rings. The second kappa shape index (κ2) is 9.41. The van der Waals surface area contributed by atoms with E-state index in [0.717, 1.165) is 32.4 Å². The minimum absolute atomic E-state index is 0.158. The van der Waals surface area contributed by atoms with Crippen LogP contribution < -0.4 is 5.56 Å². The van der Waals surface area contributed by atoms with Gasteiger partial charge >= 0.3 is 0 Å². The summed E-state index contributed by atoms with van der Waals surface area (Å²) in [4.78, 5) is 32.1. The molecule has 3 aromatic rings. The normalized spacial score (nSPS) is 13.9. The molecule has 0 radical (unpaired) electrons. The van der Waals surface area contributed by atoms with Crippen molar-refractivity contribution in [2.24, 2.45) is 0 Å². The Hall–Kier alpha value is -2.02. The van der Waals surface area contributed by atoms with Crippen LogP contribution in [0.2, 0.25) is 10.0 Å². The van der Waals surface area contributed by atoms with Gasteiger partial charge < -0.3 is 4.90 Å². The molecule has 4 rings (SSSR count). The van der Waals surface area contributed by atoms with E-state index in [1.165, 1.54) is 11.8 Å². The molecule has 0 N–H and O–H groups in total. The summed E-state index contributed by atoms with van der Waals surface area (Å²) in [7, 11) is 0. The van der Waals surface area contributed by atoms with E-state index in [1.54, 1.807) is 28.8 Å². The van der Waals surface area contributed by atoms with E-state index in [-0.39, 0.29) is 11.5 Å². The number of halogens is 2. The summed E-state index contributed by atoms with van der Waals surface area (Å²) >= 11 is 13.7. The van der Waals surface area contributed by atoms with Crippen LogP contribution in [-0.4, -0.2) is 39.2 Å². The highest BCUT2D eigenvalue weighted by atomic mass is 35.5. The van der Waals surface area contributed by atoms with Gasteiger partial charge in [0.25, 0.3) is 5.56 Å². The summed E-state index contributed by atoms with van der Waals surface area (Å²) in [5.74, 6) is 0.896.